The average Bonchev–Trinajstić information content (AvgIpc) is 2.57. The summed E-state index contributed by atoms with van der Waals surface area (Å²) in [6, 6.07) is 12.6. The van der Waals surface area contributed by atoms with Gasteiger partial charge in [0.15, 0.2) is 0 Å². The molecule has 0 fully saturated rings. The summed E-state index contributed by atoms with van der Waals surface area (Å²) in [7, 11) is 0. The first-order chi connectivity index (χ1) is 11.9. The largest absolute Gasteiger partial charge is 0.481 e. The van der Waals surface area contributed by atoms with Crippen molar-refractivity contribution < 1.29 is 9.90 Å². The van der Waals surface area contributed by atoms with Crippen molar-refractivity contribution in [3.8, 4) is 0 Å². The minimum absolute atomic E-state index is 0.247. The van der Waals surface area contributed by atoms with E-state index in [1.165, 1.54) is 0 Å². The molecule has 3 aromatic rings. The zero-order valence-corrected chi connectivity index (χ0v) is 15.7. The van der Waals surface area contributed by atoms with Crippen LogP contribution in [-0.4, -0.2) is 16.1 Å². The second-order valence-electron chi connectivity index (χ2n) is 5.88. The highest BCUT2D eigenvalue weighted by Gasteiger charge is 2.26. The first-order valence-corrected chi connectivity index (χ1v) is 8.84. The summed E-state index contributed by atoms with van der Waals surface area (Å²) in [6.45, 7) is 1.66. The van der Waals surface area contributed by atoms with Gasteiger partial charge in [0.25, 0.3) is 5.56 Å². The number of halogens is 2. The molecule has 2 N–H and O–H groups in total. The third-order valence-corrected chi connectivity index (χ3v) is 5.51. The van der Waals surface area contributed by atoms with Crippen LogP contribution >= 0.6 is 27.5 Å². The van der Waals surface area contributed by atoms with Crippen molar-refractivity contribution in [3.63, 3.8) is 0 Å². The normalized spacial score (nSPS) is 12.3. The van der Waals surface area contributed by atoms with Crippen LogP contribution < -0.4 is 5.56 Å². The second-order valence-corrected chi connectivity index (χ2v) is 7.14. The van der Waals surface area contributed by atoms with Gasteiger partial charge in [0.05, 0.1) is 10.9 Å². The van der Waals surface area contributed by atoms with Crippen LogP contribution in [0.4, 0.5) is 0 Å². The molecule has 0 spiro atoms. The summed E-state index contributed by atoms with van der Waals surface area (Å²) >= 11 is 9.45. The van der Waals surface area contributed by atoms with Crippen LogP contribution in [0.2, 0.25) is 5.02 Å². The van der Waals surface area contributed by atoms with Crippen molar-refractivity contribution in [1.82, 2.24) is 4.98 Å². The molecule has 1 unspecified atom stereocenters. The lowest BCUT2D eigenvalue weighted by Gasteiger charge is -2.18. The molecule has 128 valence electrons. The Morgan fingerprint density at radius 2 is 2.00 bits per heavy atom. The quantitative estimate of drug-likeness (QED) is 0.645. The van der Waals surface area contributed by atoms with Crippen LogP contribution in [0.25, 0.3) is 10.9 Å². The molecule has 0 saturated heterocycles. The summed E-state index contributed by atoms with van der Waals surface area (Å²) in [5, 5.41) is 11.1. The molecule has 0 amide bonds. The van der Waals surface area contributed by atoms with Gasteiger partial charge in [-0.25, -0.2) is 0 Å². The summed E-state index contributed by atoms with van der Waals surface area (Å²) in [6.07, 6.45) is 0.247. The number of pyridine rings is 1. The van der Waals surface area contributed by atoms with E-state index in [-0.39, 0.29) is 12.0 Å². The van der Waals surface area contributed by atoms with Gasteiger partial charge in [0.1, 0.15) is 0 Å². The molecule has 1 atom stereocenters. The molecule has 1 aromatic heterocycles. The molecular formula is C19H15BrClNO3. The summed E-state index contributed by atoms with van der Waals surface area (Å²) < 4.78 is 0.752. The molecule has 4 nitrogen and oxygen atoms in total. The van der Waals surface area contributed by atoms with Crippen molar-refractivity contribution >= 4 is 44.4 Å². The molecule has 0 aliphatic carbocycles. The number of hydrogen-bond donors (Lipinski definition) is 2. The highest BCUT2D eigenvalue weighted by Crippen LogP contribution is 2.31. The highest BCUT2D eigenvalue weighted by atomic mass is 79.9. The van der Waals surface area contributed by atoms with E-state index in [2.05, 4.69) is 20.9 Å². The number of carbonyl (C=O) groups is 1. The number of rotatable bonds is 4. The van der Waals surface area contributed by atoms with Gasteiger partial charge < -0.3 is 10.1 Å². The number of para-hydroxylation sites is 1. The number of H-pyrrole nitrogens is 1. The number of aromatic amines is 1. The topological polar surface area (TPSA) is 70.2 Å². The Labute approximate surface area is 157 Å². The van der Waals surface area contributed by atoms with Crippen molar-refractivity contribution in [1.29, 1.82) is 0 Å². The van der Waals surface area contributed by atoms with Crippen molar-refractivity contribution in [2.75, 3.05) is 0 Å². The molecule has 0 radical (unpaired) electrons. The Kier molecular flexibility index (Phi) is 4.97. The standard InChI is InChI=1S/C19H15BrClNO3/c1-10-17(12-4-2-3-5-16(12)22-18(10)23)13(19(24)25)8-11-6-7-14(20)15(21)9-11/h2-7,9,13H,8H2,1H3,(H,22,23)(H,24,25). The van der Waals surface area contributed by atoms with Crippen LogP contribution in [0.5, 0.6) is 0 Å². The van der Waals surface area contributed by atoms with E-state index in [4.69, 9.17) is 11.6 Å². The number of hydrogen-bond acceptors (Lipinski definition) is 2. The van der Waals surface area contributed by atoms with Gasteiger partial charge in [-0.05, 0) is 58.6 Å². The minimum Gasteiger partial charge on any atom is -0.481 e. The van der Waals surface area contributed by atoms with Crippen LogP contribution in [-0.2, 0) is 11.2 Å². The third-order valence-electron chi connectivity index (χ3n) is 4.28. The van der Waals surface area contributed by atoms with Gasteiger partial charge in [0, 0.05) is 20.9 Å². The van der Waals surface area contributed by atoms with E-state index in [0.29, 0.717) is 21.7 Å². The van der Waals surface area contributed by atoms with Gasteiger partial charge in [-0.2, -0.15) is 0 Å². The lowest BCUT2D eigenvalue weighted by atomic mass is 9.87. The summed E-state index contributed by atoms with van der Waals surface area (Å²) in [5.41, 5.74) is 2.13. The molecule has 0 bridgehead atoms. The van der Waals surface area contributed by atoms with Gasteiger partial charge in [-0.1, -0.05) is 35.9 Å². The average molecular weight is 421 g/mol. The predicted octanol–water partition coefficient (Wildman–Crippen LogP) is 4.66. The predicted molar refractivity (Wildman–Crippen MR) is 103 cm³/mol. The van der Waals surface area contributed by atoms with E-state index < -0.39 is 11.9 Å². The SMILES string of the molecule is Cc1c(C(Cc2ccc(Br)c(Cl)c2)C(=O)O)c2ccccc2[nH]c1=O. The first-order valence-electron chi connectivity index (χ1n) is 7.66. The number of carboxylic acids is 1. The van der Waals surface area contributed by atoms with E-state index in [1.807, 2.05) is 24.3 Å². The molecule has 3 rings (SSSR count). The van der Waals surface area contributed by atoms with E-state index in [0.717, 1.165) is 15.4 Å². The number of aliphatic carboxylic acids is 1. The minimum atomic E-state index is -0.974. The maximum atomic E-state index is 12.3. The van der Waals surface area contributed by atoms with Crippen molar-refractivity contribution in [2.45, 2.75) is 19.3 Å². The second kappa shape index (κ2) is 7.02. The molecule has 0 aliphatic heterocycles. The molecular weight excluding hydrogens is 406 g/mol. The van der Waals surface area contributed by atoms with Gasteiger partial charge in [-0.3, -0.25) is 9.59 Å². The van der Waals surface area contributed by atoms with Gasteiger partial charge >= 0.3 is 5.97 Å². The fourth-order valence-corrected chi connectivity index (χ4v) is 3.48. The first kappa shape index (κ1) is 17.7. The molecule has 0 saturated carbocycles. The number of nitrogens with one attached hydrogen (secondary N) is 1. The van der Waals surface area contributed by atoms with Crippen molar-refractivity contribution in [2.24, 2.45) is 0 Å². The van der Waals surface area contributed by atoms with E-state index >= 15 is 0 Å². The summed E-state index contributed by atoms with van der Waals surface area (Å²) in [4.78, 5) is 27.1. The zero-order valence-electron chi connectivity index (χ0n) is 13.3. The highest BCUT2D eigenvalue weighted by molar-refractivity contribution is 9.10. The van der Waals surface area contributed by atoms with Crippen LogP contribution in [0.1, 0.15) is 22.6 Å². The number of aromatic nitrogens is 1. The van der Waals surface area contributed by atoms with Crippen LogP contribution in [0.3, 0.4) is 0 Å². The summed E-state index contributed by atoms with van der Waals surface area (Å²) in [5.74, 6) is -1.82. The molecule has 25 heavy (non-hydrogen) atoms. The Balaban J connectivity index is 2.17. The van der Waals surface area contributed by atoms with Gasteiger partial charge in [0.2, 0.25) is 0 Å². The number of fused-ring (bicyclic) bond motifs is 1. The lowest BCUT2D eigenvalue weighted by molar-refractivity contribution is -0.138. The third kappa shape index (κ3) is 3.48. The number of benzene rings is 2. The van der Waals surface area contributed by atoms with E-state index in [9.17, 15) is 14.7 Å². The van der Waals surface area contributed by atoms with E-state index in [1.54, 1.807) is 25.1 Å². The Hall–Kier alpha value is -2.11. The van der Waals surface area contributed by atoms with Crippen LogP contribution in [0, 0.1) is 6.92 Å². The van der Waals surface area contributed by atoms with Crippen LogP contribution in [0.15, 0.2) is 51.7 Å². The fraction of sp³-hybridized carbons (Fsp3) is 0.158. The van der Waals surface area contributed by atoms with Crippen molar-refractivity contribution in [3.05, 3.63) is 79.0 Å². The Morgan fingerprint density at radius 1 is 1.28 bits per heavy atom. The monoisotopic (exact) mass is 419 g/mol. The smallest absolute Gasteiger partial charge is 0.311 e. The Morgan fingerprint density at radius 3 is 2.68 bits per heavy atom. The Bertz CT molecular complexity index is 1030. The molecule has 6 heteroatoms. The molecule has 0 aliphatic rings. The maximum Gasteiger partial charge on any atom is 0.311 e. The lowest BCUT2D eigenvalue weighted by Crippen LogP contribution is -2.21. The molecule has 1 heterocycles. The van der Waals surface area contributed by atoms with Gasteiger partial charge in [-0.15, -0.1) is 0 Å². The fourth-order valence-electron chi connectivity index (χ4n) is 3.03. The number of carboxylic acid groups (broad SMARTS) is 1. The maximum absolute atomic E-state index is 12.3. The molecule has 2 aromatic carbocycles. The zero-order chi connectivity index (χ0) is 18.1.